The number of hydrogen-bond acceptors (Lipinski definition) is 4. The first-order chi connectivity index (χ1) is 8.04. The van der Waals surface area contributed by atoms with Crippen molar-refractivity contribution in [3.63, 3.8) is 0 Å². The third-order valence-corrected chi connectivity index (χ3v) is 3.29. The maximum atomic E-state index is 12.3. The number of nitrogens with zero attached hydrogens (tertiary/aromatic N) is 2. The van der Waals surface area contributed by atoms with Gasteiger partial charge in [0, 0.05) is 18.3 Å². The minimum Gasteiger partial charge on any atom is -0.332 e. The molecule has 17 heavy (non-hydrogen) atoms. The van der Waals surface area contributed by atoms with Gasteiger partial charge in [-0.25, -0.2) is 0 Å². The van der Waals surface area contributed by atoms with E-state index in [0.29, 0.717) is 11.4 Å². The van der Waals surface area contributed by atoms with Crippen molar-refractivity contribution in [2.24, 2.45) is 5.84 Å². The average Bonchev–Trinajstić information content (AvgIpc) is 2.68. The molecule has 0 aromatic carbocycles. The van der Waals surface area contributed by atoms with Crippen LogP contribution in [0.3, 0.4) is 0 Å². The molecule has 5 nitrogen and oxygen atoms in total. The van der Waals surface area contributed by atoms with Gasteiger partial charge in [-0.3, -0.25) is 15.6 Å². The van der Waals surface area contributed by atoms with Gasteiger partial charge in [-0.2, -0.15) is 0 Å². The lowest BCUT2D eigenvalue weighted by Gasteiger charge is -2.31. The molecule has 1 aromatic heterocycles. The highest BCUT2D eigenvalue weighted by atomic mass is 16.2. The van der Waals surface area contributed by atoms with E-state index in [-0.39, 0.29) is 11.4 Å². The molecule has 0 atom stereocenters. The number of carbonyl (C=O) groups is 1. The number of nitrogens with two attached hydrogens (primary N) is 1. The predicted molar refractivity (Wildman–Crippen MR) is 66.4 cm³/mol. The summed E-state index contributed by atoms with van der Waals surface area (Å²) < 4.78 is 0. The molecule has 0 unspecified atom stereocenters. The van der Waals surface area contributed by atoms with Crippen LogP contribution < -0.4 is 11.3 Å². The highest BCUT2D eigenvalue weighted by Crippen LogP contribution is 2.29. The van der Waals surface area contributed by atoms with Gasteiger partial charge in [0.25, 0.3) is 5.91 Å². The molecule has 0 aliphatic carbocycles. The molecule has 1 aliphatic heterocycles. The minimum atomic E-state index is -0.0785. The van der Waals surface area contributed by atoms with Crippen molar-refractivity contribution < 1.29 is 4.79 Å². The van der Waals surface area contributed by atoms with Crippen LogP contribution >= 0.6 is 0 Å². The third-order valence-electron chi connectivity index (χ3n) is 3.29. The van der Waals surface area contributed by atoms with Gasteiger partial charge in [-0.05, 0) is 38.8 Å². The van der Waals surface area contributed by atoms with E-state index in [0.717, 1.165) is 19.4 Å². The number of amides is 1. The number of hydrazine groups is 1. The van der Waals surface area contributed by atoms with Crippen LogP contribution in [-0.2, 0) is 0 Å². The smallest absolute Gasteiger partial charge is 0.272 e. The van der Waals surface area contributed by atoms with E-state index in [1.54, 1.807) is 18.3 Å². The van der Waals surface area contributed by atoms with E-state index in [1.165, 1.54) is 0 Å². The quantitative estimate of drug-likeness (QED) is 0.599. The van der Waals surface area contributed by atoms with E-state index in [1.807, 2.05) is 4.90 Å². The van der Waals surface area contributed by atoms with E-state index >= 15 is 0 Å². The van der Waals surface area contributed by atoms with E-state index in [4.69, 9.17) is 5.84 Å². The Hall–Kier alpha value is -1.62. The van der Waals surface area contributed by atoms with Crippen LogP contribution in [0.5, 0.6) is 0 Å². The SMILES string of the molecule is CC1(C)CCCN1C(=O)c1cc(NN)ccn1. The second-order valence-electron chi connectivity index (χ2n) is 4.95. The Morgan fingerprint density at radius 2 is 2.35 bits per heavy atom. The van der Waals surface area contributed by atoms with E-state index < -0.39 is 0 Å². The Bertz CT molecular complexity index is 430. The second kappa shape index (κ2) is 4.33. The number of aromatic nitrogens is 1. The maximum Gasteiger partial charge on any atom is 0.272 e. The molecule has 1 aliphatic rings. The van der Waals surface area contributed by atoms with Crippen molar-refractivity contribution in [2.75, 3.05) is 12.0 Å². The number of anilines is 1. The Labute approximate surface area is 101 Å². The van der Waals surface area contributed by atoms with Crippen molar-refractivity contribution >= 4 is 11.6 Å². The fourth-order valence-electron chi connectivity index (χ4n) is 2.26. The first-order valence-electron chi connectivity index (χ1n) is 5.79. The number of likely N-dealkylation sites (tertiary alicyclic amines) is 1. The monoisotopic (exact) mass is 234 g/mol. The van der Waals surface area contributed by atoms with Crippen LogP contribution in [0.4, 0.5) is 5.69 Å². The van der Waals surface area contributed by atoms with Crippen molar-refractivity contribution in [1.29, 1.82) is 0 Å². The Balaban J connectivity index is 2.25. The van der Waals surface area contributed by atoms with E-state index in [2.05, 4.69) is 24.3 Å². The molecule has 1 saturated heterocycles. The summed E-state index contributed by atoms with van der Waals surface area (Å²) >= 11 is 0. The van der Waals surface area contributed by atoms with Crippen molar-refractivity contribution in [1.82, 2.24) is 9.88 Å². The Morgan fingerprint density at radius 3 is 2.94 bits per heavy atom. The van der Waals surface area contributed by atoms with Crippen LogP contribution in [0.1, 0.15) is 37.2 Å². The van der Waals surface area contributed by atoms with Gasteiger partial charge in [0.1, 0.15) is 5.69 Å². The normalized spacial score (nSPS) is 18.2. The molecular weight excluding hydrogens is 216 g/mol. The van der Waals surface area contributed by atoms with Gasteiger partial charge in [-0.15, -0.1) is 0 Å². The number of rotatable bonds is 2. The van der Waals surface area contributed by atoms with Gasteiger partial charge < -0.3 is 10.3 Å². The van der Waals surface area contributed by atoms with Gasteiger partial charge in [-0.1, -0.05) is 0 Å². The van der Waals surface area contributed by atoms with Crippen molar-refractivity contribution in [3.05, 3.63) is 24.0 Å². The predicted octanol–water partition coefficient (Wildman–Crippen LogP) is 1.38. The summed E-state index contributed by atoms with van der Waals surface area (Å²) in [5, 5.41) is 0. The Kier molecular flexibility index (Phi) is 3.02. The minimum absolute atomic E-state index is 0.0235. The third kappa shape index (κ3) is 2.24. The molecule has 1 aromatic rings. The Morgan fingerprint density at radius 1 is 1.59 bits per heavy atom. The number of pyridine rings is 1. The zero-order valence-electron chi connectivity index (χ0n) is 10.2. The van der Waals surface area contributed by atoms with Crippen LogP contribution in [0.2, 0.25) is 0 Å². The van der Waals surface area contributed by atoms with Gasteiger partial charge in [0.15, 0.2) is 0 Å². The maximum absolute atomic E-state index is 12.3. The van der Waals surface area contributed by atoms with Gasteiger partial charge in [0.2, 0.25) is 0 Å². The topological polar surface area (TPSA) is 71.2 Å². The number of hydrogen-bond donors (Lipinski definition) is 2. The lowest BCUT2D eigenvalue weighted by molar-refractivity contribution is 0.0646. The summed E-state index contributed by atoms with van der Waals surface area (Å²) in [6, 6.07) is 3.41. The fourth-order valence-corrected chi connectivity index (χ4v) is 2.26. The molecule has 0 saturated carbocycles. The first-order valence-corrected chi connectivity index (χ1v) is 5.79. The highest BCUT2D eigenvalue weighted by Gasteiger charge is 2.36. The molecule has 92 valence electrons. The molecule has 2 rings (SSSR count). The molecule has 5 heteroatoms. The largest absolute Gasteiger partial charge is 0.332 e. The molecule has 0 radical (unpaired) electrons. The van der Waals surface area contributed by atoms with Crippen molar-refractivity contribution in [3.8, 4) is 0 Å². The zero-order chi connectivity index (χ0) is 12.5. The summed E-state index contributed by atoms with van der Waals surface area (Å²) in [7, 11) is 0. The standard InChI is InChI=1S/C12H18N4O/c1-12(2)5-3-7-16(12)11(17)10-8-9(15-13)4-6-14-10/h4,6,8H,3,5,7,13H2,1-2H3,(H,14,15). The average molecular weight is 234 g/mol. The van der Waals surface area contributed by atoms with Crippen LogP contribution in [0, 0.1) is 0 Å². The molecule has 3 N–H and O–H groups in total. The highest BCUT2D eigenvalue weighted by molar-refractivity contribution is 5.93. The zero-order valence-corrected chi connectivity index (χ0v) is 10.2. The summed E-state index contributed by atoms with van der Waals surface area (Å²) in [6.07, 6.45) is 3.67. The van der Waals surface area contributed by atoms with E-state index in [9.17, 15) is 4.79 Å². The lowest BCUT2D eigenvalue weighted by atomic mass is 10.0. The lowest BCUT2D eigenvalue weighted by Crippen LogP contribution is -2.42. The molecular formula is C12H18N4O. The summed E-state index contributed by atoms with van der Waals surface area (Å²) in [4.78, 5) is 18.3. The number of nitrogen functional groups attached to an aromatic ring is 1. The molecule has 1 fully saturated rings. The molecule has 0 bridgehead atoms. The molecule has 2 heterocycles. The summed E-state index contributed by atoms with van der Waals surface area (Å²) in [5.74, 6) is 5.30. The number of carbonyl (C=O) groups excluding carboxylic acids is 1. The van der Waals surface area contributed by atoms with Crippen LogP contribution in [0.25, 0.3) is 0 Å². The van der Waals surface area contributed by atoms with Gasteiger partial charge >= 0.3 is 0 Å². The van der Waals surface area contributed by atoms with Crippen LogP contribution in [0.15, 0.2) is 18.3 Å². The van der Waals surface area contributed by atoms with Crippen molar-refractivity contribution in [2.45, 2.75) is 32.2 Å². The fraction of sp³-hybridized carbons (Fsp3) is 0.500. The summed E-state index contributed by atoms with van der Waals surface area (Å²) in [6.45, 7) is 4.97. The van der Waals surface area contributed by atoms with Gasteiger partial charge in [0.05, 0.1) is 5.69 Å². The first kappa shape index (κ1) is 11.9. The molecule has 0 spiro atoms. The molecule has 1 amide bonds. The van der Waals surface area contributed by atoms with Crippen LogP contribution in [-0.4, -0.2) is 27.9 Å². The summed E-state index contributed by atoms with van der Waals surface area (Å²) in [5.41, 5.74) is 3.58. The second-order valence-corrected chi connectivity index (χ2v) is 4.95. The number of nitrogens with one attached hydrogen (secondary N) is 1.